The molecule has 1 unspecified atom stereocenters. The van der Waals surface area contributed by atoms with Crippen molar-refractivity contribution < 1.29 is 9.72 Å². The molecule has 0 radical (unpaired) electrons. The molecule has 8 nitrogen and oxygen atoms in total. The summed E-state index contributed by atoms with van der Waals surface area (Å²) in [5.41, 5.74) is 0.553. The zero-order valence-corrected chi connectivity index (χ0v) is 16.5. The van der Waals surface area contributed by atoms with Crippen LogP contribution in [0.15, 0.2) is 58.5 Å². The van der Waals surface area contributed by atoms with E-state index in [1.807, 2.05) is 24.3 Å². The van der Waals surface area contributed by atoms with Gasteiger partial charge < -0.3 is 4.90 Å². The van der Waals surface area contributed by atoms with Crippen LogP contribution in [0.2, 0.25) is 0 Å². The Bertz CT molecular complexity index is 1180. The first kappa shape index (κ1) is 19.1. The lowest BCUT2D eigenvalue weighted by atomic mass is 10.2. The Morgan fingerprint density at radius 1 is 1.31 bits per heavy atom. The molecule has 9 heteroatoms. The maximum absolute atomic E-state index is 13.1. The number of hydrogen-bond donors (Lipinski definition) is 0. The van der Waals surface area contributed by atoms with E-state index in [0.717, 1.165) is 17.0 Å². The number of nitro groups is 1. The number of thioether (sulfide) groups is 1. The second-order valence-corrected chi connectivity index (χ2v) is 8.35. The number of anilines is 1. The van der Waals surface area contributed by atoms with E-state index < -0.39 is 10.5 Å². The zero-order valence-electron chi connectivity index (χ0n) is 15.6. The highest BCUT2D eigenvalue weighted by atomic mass is 32.2. The van der Waals surface area contributed by atoms with Crippen molar-refractivity contribution in [2.75, 3.05) is 11.4 Å². The molecule has 3 aromatic rings. The van der Waals surface area contributed by atoms with Crippen molar-refractivity contribution in [1.29, 1.82) is 0 Å². The second kappa shape index (κ2) is 7.67. The van der Waals surface area contributed by atoms with Gasteiger partial charge >= 0.3 is 0 Å². The van der Waals surface area contributed by atoms with Gasteiger partial charge in [0.05, 0.1) is 27.8 Å². The van der Waals surface area contributed by atoms with Crippen molar-refractivity contribution in [3.63, 3.8) is 0 Å². The van der Waals surface area contributed by atoms with Crippen molar-refractivity contribution in [1.82, 2.24) is 9.55 Å². The summed E-state index contributed by atoms with van der Waals surface area (Å²) in [4.78, 5) is 43.1. The number of nitrogens with zero attached hydrogens (tertiary/aromatic N) is 4. The Balaban J connectivity index is 1.66. The zero-order chi connectivity index (χ0) is 20.5. The standard InChI is InChI=1S/C20H18N4O4S/c1-13-8-9-23(17-4-2-3-5-18(17)29-13)19(25)11-22-12-21-16-10-14(24(27)28)6-7-15(16)20(22)26/h2-7,10,12-13H,8-9,11H2,1H3. The van der Waals surface area contributed by atoms with Gasteiger partial charge in [-0.05, 0) is 24.6 Å². The van der Waals surface area contributed by atoms with Gasteiger partial charge in [-0.15, -0.1) is 11.8 Å². The van der Waals surface area contributed by atoms with Gasteiger partial charge in [0, 0.05) is 28.8 Å². The summed E-state index contributed by atoms with van der Waals surface area (Å²) in [5, 5.41) is 11.5. The molecule has 1 aliphatic heterocycles. The SMILES string of the molecule is CC1CCN(C(=O)Cn2cnc3cc([N+](=O)[O-])ccc3c2=O)c2ccccc2S1. The van der Waals surface area contributed by atoms with Crippen molar-refractivity contribution in [3.05, 3.63) is 69.3 Å². The van der Waals surface area contributed by atoms with Gasteiger partial charge in [-0.25, -0.2) is 4.98 Å². The highest BCUT2D eigenvalue weighted by Crippen LogP contribution is 2.37. The molecule has 1 amide bonds. The number of nitro benzene ring substituents is 1. The monoisotopic (exact) mass is 410 g/mol. The van der Waals surface area contributed by atoms with Crippen LogP contribution < -0.4 is 10.5 Å². The number of aromatic nitrogens is 2. The molecule has 4 rings (SSSR count). The summed E-state index contributed by atoms with van der Waals surface area (Å²) in [6.45, 7) is 2.56. The van der Waals surface area contributed by atoms with Crippen LogP contribution in [0.4, 0.5) is 11.4 Å². The first-order valence-corrected chi connectivity index (χ1v) is 10.0. The quantitative estimate of drug-likeness (QED) is 0.486. The van der Waals surface area contributed by atoms with E-state index in [0.29, 0.717) is 11.8 Å². The van der Waals surface area contributed by atoms with Crippen LogP contribution >= 0.6 is 11.8 Å². The first-order valence-electron chi connectivity index (χ1n) is 9.13. The van der Waals surface area contributed by atoms with E-state index in [4.69, 9.17) is 0 Å². The highest BCUT2D eigenvalue weighted by Gasteiger charge is 2.24. The summed E-state index contributed by atoms with van der Waals surface area (Å²) in [7, 11) is 0. The molecule has 0 fully saturated rings. The molecule has 1 atom stereocenters. The topological polar surface area (TPSA) is 98.3 Å². The minimum atomic E-state index is -0.536. The molecule has 29 heavy (non-hydrogen) atoms. The Kier molecular flexibility index (Phi) is 5.06. The van der Waals surface area contributed by atoms with Crippen LogP contribution in [0, 0.1) is 10.1 Å². The predicted molar refractivity (Wildman–Crippen MR) is 111 cm³/mol. The molecule has 0 N–H and O–H groups in total. The van der Waals surface area contributed by atoms with Gasteiger partial charge in [-0.3, -0.25) is 24.3 Å². The summed E-state index contributed by atoms with van der Waals surface area (Å²) < 4.78 is 1.25. The molecule has 2 aromatic carbocycles. The molecule has 1 aromatic heterocycles. The molecule has 0 bridgehead atoms. The van der Waals surface area contributed by atoms with Gasteiger partial charge in [0.15, 0.2) is 0 Å². The van der Waals surface area contributed by atoms with Gasteiger partial charge in [0.1, 0.15) is 6.54 Å². The Morgan fingerprint density at radius 2 is 2.10 bits per heavy atom. The summed E-state index contributed by atoms with van der Waals surface area (Å²) >= 11 is 1.74. The van der Waals surface area contributed by atoms with Gasteiger partial charge in [-0.2, -0.15) is 0 Å². The number of hydrogen-bond acceptors (Lipinski definition) is 6. The summed E-state index contributed by atoms with van der Waals surface area (Å²) in [6, 6.07) is 11.7. The minimum absolute atomic E-state index is 0.133. The number of rotatable bonds is 3. The lowest BCUT2D eigenvalue weighted by molar-refractivity contribution is -0.384. The smallest absolute Gasteiger partial charge is 0.271 e. The second-order valence-electron chi connectivity index (χ2n) is 6.87. The summed E-state index contributed by atoms with van der Waals surface area (Å²) in [6.07, 6.45) is 2.12. The van der Waals surface area contributed by atoms with Crippen LogP contribution in [-0.2, 0) is 11.3 Å². The van der Waals surface area contributed by atoms with Gasteiger partial charge in [-0.1, -0.05) is 19.1 Å². The van der Waals surface area contributed by atoms with Crippen LogP contribution in [0.25, 0.3) is 10.9 Å². The number of fused-ring (bicyclic) bond motifs is 2. The van der Waals surface area contributed by atoms with Crippen LogP contribution in [0.5, 0.6) is 0 Å². The van der Waals surface area contributed by atoms with Gasteiger partial charge in [0.25, 0.3) is 11.2 Å². The third-order valence-corrected chi connectivity index (χ3v) is 6.11. The van der Waals surface area contributed by atoms with E-state index in [1.165, 1.54) is 29.1 Å². The van der Waals surface area contributed by atoms with Crippen molar-refractivity contribution >= 4 is 39.9 Å². The fourth-order valence-electron chi connectivity index (χ4n) is 3.35. The lowest BCUT2D eigenvalue weighted by Crippen LogP contribution is -2.37. The van der Waals surface area contributed by atoms with E-state index in [2.05, 4.69) is 11.9 Å². The highest BCUT2D eigenvalue weighted by molar-refractivity contribution is 8.00. The normalized spacial score (nSPS) is 16.3. The van der Waals surface area contributed by atoms with Crippen molar-refractivity contribution in [2.45, 2.75) is 30.0 Å². The lowest BCUT2D eigenvalue weighted by Gasteiger charge is -2.23. The number of para-hydroxylation sites is 1. The number of benzene rings is 2. The van der Waals surface area contributed by atoms with Crippen LogP contribution in [0.3, 0.4) is 0 Å². The largest absolute Gasteiger partial charge is 0.310 e. The van der Waals surface area contributed by atoms with Crippen molar-refractivity contribution in [3.8, 4) is 0 Å². The van der Waals surface area contributed by atoms with E-state index >= 15 is 0 Å². The molecule has 0 aliphatic carbocycles. The molecule has 2 heterocycles. The molecular formula is C20H18N4O4S. The molecule has 0 saturated heterocycles. The number of carbonyl (C=O) groups excluding carboxylic acids is 1. The minimum Gasteiger partial charge on any atom is -0.310 e. The third-order valence-electron chi connectivity index (χ3n) is 4.87. The van der Waals surface area contributed by atoms with Gasteiger partial charge in [0.2, 0.25) is 5.91 Å². The Morgan fingerprint density at radius 3 is 2.90 bits per heavy atom. The summed E-state index contributed by atoms with van der Waals surface area (Å²) in [5.74, 6) is -0.197. The number of carbonyl (C=O) groups is 1. The maximum atomic E-state index is 13.1. The average molecular weight is 410 g/mol. The Hall–Kier alpha value is -3.20. The number of amides is 1. The van der Waals surface area contributed by atoms with Crippen molar-refractivity contribution in [2.24, 2.45) is 0 Å². The molecule has 148 valence electrons. The van der Waals surface area contributed by atoms with E-state index in [1.54, 1.807) is 16.7 Å². The predicted octanol–water partition coefficient (Wildman–Crippen LogP) is 3.22. The van der Waals surface area contributed by atoms with E-state index in [-0.39, 0.29) is 29.0 Å². The maximum Gasteiger partial charge on any atom is 0.271 e. The average Bonchev–Trinajstić information content (AvgIpc) is 2.88. The fourth-order valence-corrected chi connectivity index (χ4v) is 4.46. The Labute approximate surface area is 170 Å². The molecule has 0 saturated carbocycles. The van der Waals surface area contributed by atoms with Crippen LogP contribution in [-0.4, -0.2) is 32.2 Å². The molecule has 0 spiro atoms. The molecule has 1 aliphatic rings. The molecular weight excluding hydrogens is 392 g/mol. The van der Waals surface area contributed by atoms with E-state index in [9.17, 15) is 19.7 Å². The van der Waals surface area contributed by atoms with Crippen LogP contribution in [0.1, 0.15) is 13.3 Å². The number of non-ortho nitro benzene ring substituents is 1. The fraction of sp³-hybridized carbons (Fsp3) is 0.250. The third kappa shape index (κ3) is 3.73. The first-order chi connectivity index (χ1) is 13.9.